The maximum absolute atomic E-state index is 12.1. The molecule has 5 nitrogen and oxygen atoms in total. The van der Waals surface area contributed by atoms with Crippen molar-refractivity contribution in [3.8, 4) is 0 Å². The minimum absolute atomic E-state index is 0.00438. The number of fused-ring (bicyclic) bond motifs is 1. The summed E-state index contributed by atoms with van der Waals surface area (Å²) in [5, 5.41) is 8.93. The van der Waals surface area contributed by atoms with Crippen LogP contribution >= 0.6 is 34.9 Å². The lowest BCUT2D eigenvalue weighted by Gasteiger charge is -2.08. The van der Waals surface area contributed by atoms with E-state index in [0.29, 0.717) is 16.7 Å². The van der Waals surface area contributed by atoms with Gasteiger partial charge in [-0.2, -0.15) is 0 Å². The Labute approximate surface area is 140 Å². The summed E-state index contributed by atoms with van der Waals surface area (Å²) >= 11 is 4.81. The van der Waals surface area contributed by atoms with Gasteiger partial charge in [-0.3, -0.25) is 4.79 Å². The highest BCUT2D eigenvalue weighted by Crippen LogP contribution is 2.36. The predicted molar refractivity (Wildman–Crippen MR) is 92.9 cm³/mol. The van der Waals surface area contributed by atoms with E-state index in [9.17, 15) is 4.79 Å². The molecule has 1 N–H and O–H groups in total. The molecule has 0 fully saturated rings. The average molecular weight is 350 g/mol. The van der Waals surface area contributed by atoms with E-state index in [1.807, 2.05) is 25.1 Å². The van der Waals surface area contributed by atoms with E-state index in [1.54, 1.807) is 40.9 Å². The fourth-order valence-electron chi connectivity index (χ4n) is 1.93. The lowest BCUT2D eigenvalue weighted by molar-refractivity contribution is 0.910. The number of nitrogens with zero attached hydrogens (tertiary/aromatic N) is 3. The average Bonchev–Trinajstić information content (AvgIpc) is 2.95. The Morgan fingerprint density at radius 3 is 2.86 bits per heavy atom. The first-order valence-corrected chi connectivity index (χ1v) is 9.47. The first kappa shape index (κ1) is 15.5. The van der Waals surface area contributed by atoms with Crippen molar-refractivity contribution >= 4 is 45.8 Å². The molecule has 0 spiro atoms. The van der Waals surface area contributed by atoms with E-state index in [-0.39, 0.29) is 10.8 Å². The first-order valence-electron chi connectivity index (χ1n) is 6.79. The molecular formula is C14H14N4OS3. The zero-order chi connectivity index (χ0) is 15.5. The van der Waals surface area contributed by atoms with Gasteiger partial charge in [-0.25, -0.2) is 4.98 Å². The third-order valence-electron chi connectivity index (χ3n) is 2.95. The van der Waals surface area contributed by atoms with Crippen molar-refractivity contribution in [1.82, 2.24) is 20.2 Å². The van der Waals surface area contributed by atoms with Gasteiger partial charge in [0.25, 0.3) is 5.56 Å². The van der Waals surface area contributed by atoms with Gasteiger partial charge in [0.15, 0.2) is 8.68 Å². The van der Waals surface area contributed by atoms with Crippen molar-refractivity contribution in [3.63, 3.8) is 0 Å². The van der Waals surface area contributed by atoms with E-state index in [2.05, 4.69) is 27.1 Å². The van der Waals surface area contributed by atoms with E-state index >= 15 is 0 Å². The van der Waals surface area contributed by atoms with Crippen molar-refractivity contribution in [2.75, 3.05) is 5.75 Å². The molecule has 1 aromatic carbocycles. The molecule has 3 aromatic rings. The van der Waals surface area contributed by atoms with Gasteiger partial charge >= 0.3 is 0 Å². The second-order valence-corrected chi connectivity index (χ2v) is 8.57. The largest absolute Gasteiger partial charge is 0.309 e. The van der Waals surface area contributed by atoms with Gasteiger partial charge in [-0.15, -0.1) is 10.2 Å². The molecule has 0 aliphatic rings. The number of hydrogen-bond acceptors (Lipinski definition) is 7. The van der Waals surface area contributed by atoms with Crippen LogP contribution in [-0.4, -0.2) is 25.9 Å². The second kappa shape index (κ2) is 6.80. The van der Waals surface area contributed by atoms with Crippen LogP contribution in [0, 0.1) is 0 Å². The normalized spacial score (nSPS) is 12.6. The standard InChI is InChI=1S/C14H14N4OS3/c1-3-20-13-17-18-14(22-13)21-8(2)11-15-10-7-5-4-6-9(10)12(19)16-11/h4-8H,3H2,1-2H3,(H,15,16,19). The Hall–Kier alpha value is -1.38. The molecule has 1 unspecified atom stereocenters. The van der Waals surface area contributed by atoms with Crippen molar-refractivity contribution in [1.29, 1.82) is 0 Å². The Morgan fingerprint density at radius 2 is 2.05 bits per heavy atom. The molecule has 2 heterocycles. The Kier molecular flexibility index (Phi) is 4.80. The third-order valence-corrected chi connectivity index (χ3v) is 6.08. The molecule has 1 atom stereocenters. The van der Waals surface area contributed by atoms with Crippen molar-refractivity contribution < 1.29 is 0 Å². The molecule has 114 valence electrons. The number of aromatic amines is 1. The smallest absolute Gasteiger partial charge is 0.258 e. The van der Waals surface area contributed by atoms with E-state index < -0.39 is 0 Å². The summed E-state index contributed by atoms with van der Waals surface area (Å²) in [7, 11) is 0. The molecule has 0 bridgehead atoms. The predicted octanol–water partition coefficient (Wildman–Crippen LogP) is 3.74. The molecule has 0 radical (unpaired) electrons. The van der Waals surface area contributed by atoms with Gasteiger partial charge in [0.05, 0.1) is 16.2 Å². The molecule has 0 saturated heterocycles. The van der Waals surface area contributed by atoms with Gasteiger partial charge in [0.1, 0.15) is 5.82 Å². The molecule has 3 rings (SSSR count). The molecule has 22 heavy (non-hydrogen) atoms. The fraction of sp³-hybridized carbons (Fsp3) is 0.286. The van der Waals surface area contributed by atoms with Crippen LogP contribution in [0.3, 0.4) is 0 Å². The number of benzene rings is 1. The lowest BCUT2D eigenvalue weighted by Crippen LogP contribution is -2.12. The number of aromatic nitrogens is 4. The van der Waals surface area contributed by atoms with E-state index in [0.717, 1.165) is 14.4 Å². The van der Waals surface area contributed by atoms with Crippen LogP contribution in [-0.2, 0) is 0 Å². The number of H-pyrrole nitrogens is 1. The van der Waals surface area contributed by atoms with Crippen LogP contribution in [0.15, 0.2) is 37.7 Å². The topological polar surface area (TPSA) is 71.5 Å². The highest BCUT2D eigenvalue weighted by Gasteiger charge is 2.15. The summed E-state index contributed by atoms with van der Waals surface area (Å²) in [4.78, 5) is 19.5. The zero-order valence-electron chi connectivity index (χ0n) is 12.1. The van der Waals surface area contributed by atoms with Crippen molar-refractivity contribution in [3.05, 3.63) is 40.4 Å². The summed E-state index contributed by atoms with van der Waals surface area (Å²) < 4.78 is 1.86. The van der Waals surface area contributed by atoms with Crippen molar-refractivity contribution in [2.24, 2.45) is 0 Å². The minimum Gasteiger partial charge on any atom is -0.309 e. The van der Waals surface area contributed by atoms with Gasteiger partial charge in [-0.05, 0) is 24.8 Å². The highest BCUT2D eigenvalue weighted by molar-refractivity contribution is 8.03. The monoisotopic (exact) mass is 350 g/mol. The zero-order valence-corrected chi connectivity index (χ0v) is 14.5. The minimum atomic E-state index is -0.104. The van der Waals surface area contributed by atoms with Gasteiger partial charge in [-0.1, -0.05) is 53.9 Å². The number of rotatable bonds is 5. The third kappa shape index (κ3) is 3.34. The van der Waals surface area contributed by atoms with Gasteiger partial charge in [0, 0.05) is 0 Å². The van der Waals surface area contributed by atoms with Crippen LogP contribution in [0.2, 0.25) is 0 Å². The number of hydrogen-bond donors (Lipinski definition) is 1. The Bertz CT molecular complexity index is 845. The summed E-state index contributed by atoms with van der Waals surface area (Å²) in [6, 6.07) is 7.36. The van der Waals surface area contributed by atoms with Crippen molar-refractivity contribution in [2.45, 2.75) is 27.8 Å². The molecule has 0 saturated carbocycles. The number of thioether (sulfide) groups is 2. The second-order valence-electron chi connectivity index (χ2n) is 4.50. The summed E-state index contributed by atoms with van der Waals surface area (Å²) in [5.41, 5.74) is 0.612. The Balaban J connectivity index is 1.85. The quantitative estimate of drug-likeness (QED) is 0.707. The van der Waals surface area contributed by atoms with Crippen LogP contribution in [0.25, 0.3) is 10.9 Å². The lowest BCUT2D eigenvalue weighted by atomic mass is 10.2. The molecule has 0 amide bonds. The maximum atomic E-state index is 12.1. The van der Waals surface area contributed by atoms with Gasteiger partial charge in [0.2, 0.25) is 0 Å². The van der Waals surface area contributed by atoms with Crippen LogP contribution in [0.4, 0.5) is 0 Å². The number of nitrogens with one attached hydrogen (secondary N) is 1. The molecule has 0 aliphatic carbocycles. The Morgan fingerprint density at radius 1 is 1.27 bits per heavy atom. The van der Waals surface area contributed by atoms with Crippen LogP contribution < -0.4 is 5.56 Å². The molecular weight excluding hydrogens is 336 g/mol. The van der Waals surface area contributed by atoms with Crippen LogP contribution in [0.5, 0.6) is 0 Å². The highest BCUT2D eigenvalue weighted by atomic mass is 32.2. The van der Waals surface area contributed by atoms with Crippen LogP contribution in [0.1, 0.15) is 24.9 Å². The first-order chi connectivity index (χ1) is 10.7. The van der Waals surface area contributed by atoms with E-state index in [1.165, 1.54) is 0 Å². The van der Waals surface area contributed by atoms with Gasteiger partial charge < -0.3 is 4.98 Å². The molecule has 2 aromatic heterocycles. The number of para-hydroxylation sites is 1. The maximum Gasteiger partial charge on any atom is 0.258 e. The molecule has 0 aliphatic heterocycles. The summed E-state index contributed by atoms with van der Waals surface area (Å²) in [6.07, 6.45) is 0. The van der Waals surface area contributed by atoms with E-state index in [4.69, 9.17) is 0 Å². The molecule has 8 heteroatoms. The fourth-order valence-corrected chi connectivity index (χ4v) is 5.05. The SMILES string of the molecule is CCSc1nnc(SC(C)c2nc3ccccc3c(=O)[nH]2)s1. The summed E-state index contributed by atoms with van der Waals surface area (Å²) in [5.74, 6) is 1.64. The summed E-state index contributed by atoms with van der Waals surface area (Å²) in [6.45, 7) is 4.09.